The molecule has 0 saturated heterocycles. The average Bonchev–Trinajstić information content (AvgIpc) is 3.65. The topological polar surface area (TPSA) is 114 Å². The van der Waals surface area contributed by atoms with Crippen LogP contribution in [-0.2, 0) is 32.6 Å². The number of carbonyl (C=O) groups excluding carboxylic acids is 2. The molecule has 0 bridgehead atoms. The Morgan fingerprint density at radius 1 is 0.776 bits per heavy atom. The van der Waals surface area contributed by atoms with Gasteiger partial charge in [-0.1, -0.05) is 73.5 Å². The highest BCUT2D eigenvalue weighted by molar-refractivity contribution is 7.92. The van der Waals surface area contributed by atoms with Gasteiger partial charge in [-0.2, -0.15) is 0 Å². The quantitative estimate of drug-likeness (QED) is 0.173. The first kappa shape index (κ1) is 35.3. The molecule has 4 aromatic rings. The van der Waals surface area contributed by atoms with Gasteiger partial charge in [-0.25, -0.2) is 8.42 Å². The first-order chi connectivity index (χ1) is 23.7. The van der Waals surface area contributed by atoms with E-state index in [0.29, 0.717) is 11.5 Å². The molecule has 11 heteroatoms. The van der Waals surface area contributed by atoms with E-state index in [2.05, 4.69) is 5.32 Å². The minimum absolute atomic E-state index is 0.00756. The highest BCUT2D eigenvalue weighted by Gasteiger charge is 2.36. The number of anilines is 1. The Labute approximate surface area is 288 Å². The van der Waals surface area contributed by atoms with Gasteiger partial charge < -0.3 is 24.4 Å². The van der Waals surface area contributed by atoms with Crippen molar-refractivity contribution in [3.05, 3.63) is 114 Å². The molecule has 0 spiro atoms. The van der Waals surface area contributed by atoms with E-state index < -0.39 is 28.5 Å². The van der Waals surface area contributed by atoms with Crippen LogP contribution in [0, 0.1) is 0 Å². The van der Waals surface area contributed by atoms with E-state index in [-0.39, 0.29) is 41.2 Å². The van der Waals surface area contributed by atoms with Crippen molar-refractivity contribution in [1.82, 2.24) is 10.2 Å². The van der Waals surface area contributed by atoms with Gasteiger partial charge in [-0.05, 0) is 60.4 Å². The van der Waals surface area contributed by atoms with E-state index in [4.69, 9.17) is 14.2 Å². The van der Waals surface area contributed by atoms with Crippen LogP contribution in [0.4, 0.5) is 5.69 Å². The van der Waals surface area contributed by atoms with Crippen molar-refractivity contribution in [2.45, 2.75) is 55.6 Å². The molecule has 1 atom stereocenters. The van der Waals surface area contributed by atoms with E-state index >= 15 is 0 Å². The molecule has 1 saturated carbocycles. The molecule has 5 rings (SSSR count). The van der Waals surface area contributed by atoms with E-state index in [9.17, 15) is 18.0 Å². The summed E-state index contributed by atoms with van der Waals surface area (Å²) in [7, 11) is 0.142. The molecule has 10 nitrogen and oxygen atoms in total. The second kappa shape index (κ2) is 16.4. The van der Waals surface area contributed by atoms with Crippen molar-refractivity contribution in [3.63, 3.8) is 0 Å². The number of amides is 2. The normalized spacial score (nSPS) is 13.7. The lowest BCUT2D eigenvalue weighted by Crippen LogP contribution is -2.54. The Bertz CT molecular complexity index is 1810. The molecular formula is C38H43N3O7S. The van der Waals surface area contributed by atoms with Crippen molar-refractivity contribution < 1.29 is 32.2 Å². The summed E-state index contributed by atoms with van der Waals surface area (Å²) in [6.45, 7) is -0.590. The Balaban J connectivity index is 1.62. The number of hydrogen-bond acceptors (Lipinski definition) is 7. The first-order valence-corrected chi connectivity index (χ1v) is 17.7. The van der Waals surface area contributed by atoms with Crippen molar-refractivity contribution in [1.29, 1.82) is 0 Å². The summed E-state index contributed by atoms with van der Waals surface area (Å²) in [6.07, 6.45) is 4.01. The van der Waals surface area contributed by atoms with Crippen LogP contribution in [0.15, 0.2) is 108 Å². The van der Waals surface area contributed by atoms with Crippen LogP contribution in [0.3, 0.4) is 0 Å². The zero-order chi connectivity index (χ0) is 34.8. The van der Waals surface area contributed by atoms with Gasteiger partial charge >= 0.3 is 0 Å². The van der Waals surface area contributed by atoms with Gasteiger partial charge in [0.15, 0.2) is 0 Å². The van der Waals surface area contributed by atoms with Gasteiger partial charge in [-0.3, -0.25) is 13.9 Å². The zero-order valence-electron chi connectivity index (χ0n) is 28.1. The van der Waals surface area contributed by atoms with E-state index in [1.807, 2.05) is 42.5 Å². The van der Waals surface area contributed by atoms with Gasteiger partial charge in [0.25, 0.3) is 10.0 Å². The van der Waals surface area contributed by atoms with Crippen LogP contribution in [0.5, 0.6) is 17.2 Å². The number of nitrogens with one attached hydrogen (secondary N) is 1. The summed E-state index contributed by atoms with van der Waals surface area (Å²) in [5, 5.41) is 3.19. The second-order valence-electron chi connectivity index (χ2n) is 11.9. The summed E-state index contributed by atoms with van der Waals surface area (Å²) >= 11 is 0. The minimum Gasteiger partial charge on any atom is -0.497 e. The summed E-state index contributed by atoms with van der Waals surface area (Å²) < 4.78 is 46.3. The molecule has 0 heterocycles. The second-order valence-corrected chi connectivity index (χ2v) is 13.8. The SMILES string of the molecule is COc1cccc(CN(C(=O)CN(c2cc(OC)ccc2OC)S(=O)(=O)c2ccccc2)C(Cc2ccccc2)C(=O)NC2CCCC2)c1. The predicted molar refractivity (Wildman–Crippen MR) is 188 cm³/mol. The van der Waals surface area contributed by atoms with Crippen molar-refractivity contribution in [2.75, 3.05) is 32.2 Å². The standard InChI is InChI=1S/C38H43N3O7S/c1-46-31-18-12-15-29(23-31)26-40(35(24-28-13-6-4-7-14-28)38(43)39-30-16-10-11-17-30)37(42)27-41(49(44,45)33-19-8-5-9-20-33)34-25-32(47-2)21-22-36(34)48-3/h4-9,12-15,18-23,25,30,35H,10-11,16-17,24,26-27H2,1-3H3,(H,39,43). The largest absolute Gasteiger partial charge is 0.497 e. The Morgan fingerprint density at radius 2 is 1.41 bits per heavy atom. The number of rotatable bonds is 15. The molecule has 0 radical (unpaired) electrons. The molecule has 1 N–H and O–H groups in total. The molecule has 1 aliphatic rings. The van der Waals surface area contributed by atoms with E-state index in [1.54, 1.807) is 49.6 Å². The fourth-order valence-corrected chi connectivity index (χ4v) is 7.55. The number of methoxy groups -OCH3 is 3. The van der Waals surface area contributed by atoms with Crippen LogP contribution in [0.25, 0.3) is 0 Å². The predicted octanol–water partition coefficient (Wildman–Crippen LogP) is 5.61. The smallest absolute Gasteiger partial charge is 0.264 e. The monoisotopic (exact) mass is 685 g/mol. The highest BCUT2D eigenvalue weighted by atomic mass is 32.2. The molecule has 0 aliphatic heterocycles. The fourth-order valence-electron chi connectivity index (χ4n) is 6.11. The molecule has 1 fully saturated rings. The van der Waals surface area contributed by atoms with Gasteiger partial charge in [0.05, 0.1) is 31.9 Å². The Hall–Kier alpha value is -5.03. The Morgan fingerprint density at radius 3 is 2.06 bits per heavy atom. The lowest BCUT2D eigenvalue weighted by Gasteiger charge is -2.34. The fraction of sp³-hybridized carbons (Fsp3) is 0.316. The number of hydrogen-bond donors (Lipinski definition) is 1. The van der Waals surface area contributed by atoms with Crippen LogP contribution in [-0.4, -0.2) is 65.1 Å². The van der Waals surface area contributed by atoms with Gasteiger partial charge in [0.2, 0.25) is 11.8 Å². The lowest BCUT2D eigenvalue weighted by molar-refractivity contribution is -0.140. The molecule has 4 aromatic carbocycles. The molecule has 2 amide bonds. The van der Waals surface area contributed by atoms with Crippen molar-refractivity contribution in [3.8, 4) is 17.2 Å². The average molecular weight is 686 g/mol. The lowest BCUT2D eigenvalue weighted by atomic mass is 10.0. The number of carbonyl (C=O) groups is 2. The third-order valence-corrected chi connectivity index (χ3v) is 10.5. The third-order valence-electron chi connectivity index (χ3n) is 8.72. The maximum Gasteiger partial charge on any atom is 0.264 e. The summed E-state index contributed by atoms with van der Waals surface area (Å²) in [5.41, 5.74) is 1.70. The van der Waals surface area contributed by atoms with E-state index in [1.165, 1.54) is 37.3 Å². The number of benzene rings is 4. The third kappa shape index (κ3) is 8.72. The highest BCUT2D eigenvalue weighted by Crippen LogP contribution is 2.36. The maximum absolute atomic E-state index is 14.8. The van der Waals surface area contributed by atoms with Crippen molar-refractivity contribution in [2.24, 2.45) is 0 Å². The maximum atomic E-state index is 14.8. The van der Waals surface area contributed by atoms with Gasteiger partial charge in [0, 0.05) is 25.1 Å². The van der Waals surface area contributed by atoms with Crippen LogP contribution < -0.4 is 23.8 Å². The Kier molecular flexibility index (Phi) is 11.8. The summed E-state index contributed by atoms with van der Waals surface area (Å²) in [4.78, 5) is 30.5. The van der Waals surface area contributed by atoms with E-state index in [0.717, 1.165) is 41.1 Å². The molecule has 0 aromatic heterocycles. The zero-order valence-corrected chi connectivity index (χ0v) is 28.9. The summed E-state index contributed by atoms with van der Waals surface area (Å²) in [6, 6.07) is 28.5. The number of sulfonamides is 1. The molecule has 1 aliphatic carbocycles. The molecule has 1 unspecified atom stereocenters. The molecular weight excluding hydrogens is 642 g/mol. The first-order valence-electron chi connectivity index (χ1n) is 16.3. The van der Waals surface area contributed by atoms with Gasteiger partial charge in [0.1, 0.15) is 29.8 Å². The van der Waals surface area contributed by atoms with Gasteiger partial charge in [-0.15, -0.1) is 0 Å². The number of ether oxygens (including phenoxy) is 3. The van der Waals surface area contributed by atoms with Crippen LogP contribution in [0.1, 0.15) is 36.8 Å². The van der Waals surface area contributed by atoms with Crippen LogP contribution >= 0.6 is 0 Å². The molecule has 258 valence electrons. The summed E-state index contributed by atoms with van der Waals surface area (Å²) in [5.74, 6) is 0.336. The van der Waals surface area contributed by atoms with Crippen LogP contribution in [0.2, 0.25) is 0 Å². The number of nitrogens with zero attached hydrogens (tertiary/aromatic N) is 2. The minimum atomic E-state index is -4.32. The van der Waals surface area contributed by atoms with Crippen molar-refractivity contribution >= 4 is 27.5 Å². The molecule has 49 heavy (non-hydrogen) atoms.